The van der Waals surface area contributed by atoms with Crippen LogP contribution in [-0.4, -0.2) is 92.6 Å². The minimum atomic E-state index is -1.07. The average molecular weight is 479 g/mol. The van der Waals surface area contributed by atoms with Gasteiger partial charge in [0.1, 0.15) is 18.3 Å². The highest BCUT2D eigenvalue weighted by molar-refractivity contribution is 5.46. The molecule has 4 atom stereocenters. The van der Waals surface area contributed by atoms with Crippen molar-refractivity contribution in [3.63, 3.8) is 0 Å². The molecule has 0 bridgehead atoms. The Kier molecular flexibility index (Phi) is 22.7. The molecule has 1 rings (SSSR count). The van der Waals surface area contributed by atoms with Crippen molar-refractivity contribution in [1.29, 1.82) is 0 Å². The third kappa shape index (κ3) is 16.5. The quantitative estimate of drug-likeness (QED) is 0.260. The van der Waals surface area contributed by atoms with Crippen LogP contribution in [-0.2, 0) is 19.0 Å². The highest BCUT2D eigenvalue weighted by Crippen LogP contribution is 2.27. The number of hydrogen-bond donors (Lipinski definition) is 3. The molecule has 1 aliphatic rings. The van der Waals surface area contributed by atoms with Gasteiger partial charge in [-0.2, -0.15) is 0 Å². The minimum Gasteiger partial charge on any atom is -0.387 e. The van der Waals surface area contributed by atoms with Crippen molar-refractivity contribution in [3.8, 4) is 0 Å². The first-order valence-electron chi connectivity index (χ1n) is 12.7. The lowest BCUT2D eigenvalue weighted by Crippen LogP contribution is -2.56. The Morgan fingerprint density at radius 3 is 2.09 bits per heavy atom. The van der Waals surface area contributed by atoms with Gasteiger partial charge in [0.05, 0.1) is 12.2 Å². The highest BCUT2D eigenvalue weighted by atomic mass is 16.7. The second-order valence-corrected chi connectivity index (χ2v) is 8.84. The third-order valence-corrected chi connectivity index (χ3v) is 5.97. The fourth-order valence-corrected chi connectivity index (χ4v) is 2.93. The molecule has 8 heteroatoms. The molecular weight excluding hydrogens is 424 g/mol. The number of ether oxygens (including phenoxy) is 3. The number of aliphatic hydroxyl groups is 2. The molecule has 1 amide bonds. The number of nitrogens with one attached hydrogen (secondary N) is 1. The van der Waals surface area contributed by atoms with E-state index in [1.807, 2.05) is 34.9 Å². The second kappa shape index (κ2) is 21.7. The van der Waals surface area contributed by atoms with E-state index in [1.165, 1.54) is 39.2 Å². The van der Waals surface area contributed by atoms with Crippen molar-refractivity contribution in [2.45, 2.75) is 116 Å². The molecule has 8 nitrogen and oxygen atoms in total. The summed E-state index contributed by atoms with van der Waals surface area (Å²) in [5, 5.41) is 22.8. The predicted octanol–water partition coefficient (Wildman–Crippen LogP) is 3.34. The van der Waals surface area contributed by atoms with E-state index in [4.69, 9.17) is 14.2 Å². The summed E-state index contributed by atoms with van der Waals surface area (Å²) in [5.41, 5.74) is -0.297. The number of methoxy groups -OCH3 is 1. The van der Waals surface area contributed by atoms with Crippen molar-refractivity contribution >= 4 is 6.41 Å². The maximum absolute atomic E-state index is 10.2. The molecule has 3 N–H and O–H groups in total. The standard InChI is InChI=1S/C12H24O5.C9H20N2O.C4H10/c1-5-12(3,6-2)17-8-7-16-11(15-4)10(14)9(8)13;1-10-7-5-3-4-6-8-11(2)9-12;1-3-4-2/h8-11,13-14H,5-7H2,1-4H3;9-10H,3-8H2,1-2H3;3-4H2,1-2H3/t8-,9?,10?,11?;;/m1../s1. The summed E-state index contributed by atoms with van der Waals surface area (Å²) in [4.78, 5) is 11.9. The Bertz CT molecular complexity index is 435. The Morgan fingerprint density at radius 2 is 1.64 bits per heavy atom. The fraction of sp³-hybridized carbons (Fsp3) is 0.960. The topological polar surface area (TPSA) is 100 Å². The summed E-state index contributed by atoms with van der Waals surface area (Å²) in [5.74, 6) is 0. The number of nitrogens with zero attached hydrogens (tertiary/aromatic N) is 1. The smallest absolute Gasteiger partial charge is 0.209 e. The van der Waals surface area contributed by atoms with E-state index < -0.39 is 24.6 Å². The van der Waals surface area contributed by atoms with Gasteiger partial charge in [0, 0.05) is 20.7 Å². The molecule has 0 aliphatic carbocycles. The first-order chi connectivity index (χ1) is 15.7. The summed E-state index contributed by atoms with van der Waals surface area (Å²) < 4.78 is 16.1. The zero-order valence-corrected chi connectivity index (χ0v) is 22.6. The van der Waals surface area contributed by atoms with E-state index >= 15 is 0 Å². The van der Waals surface area contributed by atoms with Crippen LogP contribution in [0.15, 0.2) is 0 Å². The molecule has 1 fully saturated rings. The number of unbranched alkanes of at least 4 members (excludes halogenated alkanes) is 4. The van der Waals surface area contributed by atoms with Gasteiger partial charge in [-0.3, -0.25) is 4.79 Å². The van der Waals surface area contributed by atoms with E-state index in [-0.39, 0.29) is 12.2 Å². The van der Waals surface area contributed by atoms with E-state index in [0.29, 0.717) is 0 Å². The van der Waals surface area contributed by atoms with Crippen molar-refractivity contribution in [1.82, 2.24) is 10.2 Å². The normalized spacial score (nSPS) is 22.5. The van der Waals surface area contributed by atoms with Gasteiger partial charge in [-0.25, -0.2) is 0 Å². The maximum atomic E-state index is 10.2. The second-order valence-electron chi connectivity index (χ2n) is 8.84. The summed E-state index contributed by atoms with van der Waals surface area (Å²) in [6.45, 7) is 12.6. The zero-order chi connectivity index (χ0) is 25.7. The Balaban J connectivity index is 0. The van der Waals surface area contributed by atoms with Crippen molar-refractivity contribution in [2.75, 3.05) is 40.9 Å². The molecule has 1 aliphatic heterocycles. The van der Waals surface area contributed by atoms with Crippen molar-refractivity contribution in [2.24, 2.45) is 0 Å². The lowest BCUT2D eigenvalue weighted by molar-refractivity contribution is -0.283. The van der Waals surface area contributed by atoms with Crippen LogP contribution in [0.5, 0.6) is 0 Å². The predicted molar refractivity (Wildman–Crippen MR) is 134 cm³/mol. The molecular formula is C25H54N2O6. The summed E-state index contributed by atoms with van der Waals surface area (Å²) in [7, 11) is 5.23. The van der Waals surface area contributed by atoms with Crippen LogP contribution < -0.4 is 5.32 Å². The molecule has 1 saturated heterocycles. The number of amides is 1. The molecule has 33 heavy (non-hydrogen) atoms. The third-order valence-electron chi connectivity index (χ3n) is 5.97. The van der Waals surface area contributed by atoms with Crippen LogP contribution in [0.1, 0.15) is 86.0 Å². The molecule has 200 valence electrons. The monoisotopic (exact) mass is 478 g/mol. The van der Waals surface area contributed by atoms with Crippen molar-refractivity contribution < 1.29 is 29.2 Å². The summed E-state index contributed by atoms with van der Waals surface area (Å²) in [6.07, 6.45) is 6.71. The Labute approximate surface area is 203 Å². The van der Waals surface area contributed by atoms with E-state index in [9.17, 15) is 15.0 Å². The van der Waals surface area contributed by atoms with Crippen LogP contribution in [0.25, 0.3) is 0 Å². The van der Waals surface area contributed by atoms with E-state index in [0.717, 1.165) is 38.8 Å². The maximum Gasteiger partial charge on any atom is 0.209 e. The van der Waals surface area contributed by atoms with Gasteiger partial charge in [0.25, 0.3) is 0 Å². The van der Waals surface area contributed by atoms with Gasteiger partial charge >= 0.3 is 0 Å². The molecule has 0 spiro atoms. The number of carbonyl (C=O) groups excluding carboxylic acids is 1. The first-order valence-corrected chi connectivity index (χ1v) is 12.7. The van der Waals surface area contributed by atoms with E-state index in [2.05, 4.69) is 19.2 Å². The van der Waals surface area contributed by atoms with Crippen LogP contribution in [0.2, 0.25) is 0 Å². The summed E-state index contributed by atoms with van der Waals surface area (Å²) in [6, 6.07) is 0. The SMILES string of the molecule is CCC(C)(CC)O[C@@H]1COC(OC)C(O)C1O.CCCC.CNCCCCCCN(C)C=O. The zero-order valence-electron chi connectivity index (χ0n) is 22.6. The molecule has 0 radical (unpaired) electrons. The van der Waals surface area contributed by atoms with Gasteiger partial charge in [-0.1, -0.05) is 53.4 Å². The van der Waals surface area contributed by atoms with Gasteiger partial charge in [-0.15, -0.1) is 0 Å². The van der Waals surface area contributed by atoms with Crippen LogP contribution in [0.4, 0.5) is 0 Å². The van der Waals surface area contributed by atoms with Crippen LogP contribution in [0.3, 0.4) is 0 Å². The molecule has 3 unspecified atom stereocenters. The highest BCUT2D eigenvalue weighted by Gasteiger charge is 2.41. The average Bonchev–Trinajstić information content (AvgIpc) is 2.84. The van der Waals surface area contributed by atoms with Gasteiger partial charge in [-0.05, 0) is 46.2 Å². The molecule has 0 aromatic heterocycles. The fourth-order valence-electron chi connectivity index (χ4n) is 2.93. The summed E-state index contributed by atoms with van der Waals surface area (Å²) >= 11 is 0. The molecule has 0 aromatic carbocycles. The molecule has 0 aromatic rings. The first kappa shape index (κ1) is 34.4. The largest absolute Gasteiger partial charge is 0.387 e. The number of hydrogen-bond acceptors (Lipinski definition) is 7. The molecule has 0 saturated carbocycles. The minimum absolute atomic E-state index is 0.228. The van der Waals surface area contributed by atoms with Gasteiger partial charge in [0.15, 0.2) is 6.29 Å². The molecule has 1 heterocycles. The Morgan fingerprint density at radius 1 is 1.06 bits per heavy atom. The van der Waals surface area contributed by atoms with Gasteiger partial charge in [0.2, 0.25) is 6.41 Å². The van der Waals surface area contributed by atoms with Gasteiger partial charge < -0.3 is 34.6 Å². The number of carbonyl (C=O) groups is 1. The lowest BCUT2D eigenvalue weighted by Gasteiger charge is -2.41. The van der Waals surface area contributed by atoms with Crippen molar-refractivity contribution in [3.05, 3.63) is 0 Å². The number of aliphatic hydroxyl groups excluding tert-OH is 2. The Hall–Kier alpha value is -0.770. The number of rotatable bonds is 14. The van der Waals surface area contributed by atoms with Crippen LogP contribution in [0, 0.1) is 0 Å². The lowest BCUT2D eigenvalue weighted by atomic mass is 9.98. The van der Waals surface area contributed by atoms with Crippen LogP contribution >= 0.6 is 0 Å². The van der Waals surface area contributed by atoms with E-state index in [1.54, 1.807) is 4.90 Å².